The van der Waals surface area contributed by atoms with Crippen LogP contribution in [-0.4, -0.2) is 18.8 Å². The molecule has 0 amide bonds. The van der Waals surface area contributed by atoms with E-state index in [2.05, 4.69) is 4.74 Å². The Hall–Kier alpha value is -0.0800. The normalized spacial score (nSPS) is 36.0. The van der Waals surface area contributed by atoms with Crippen molar-refractivity contribution in [2.24, 2.45) is 0 Å². The van der Waals surface area contributed by atoms with Crippen LogP contribution >= 0.6 is 0 Å². The Morgan fingerprint density at radius 3 is 2.50 bits per heavy atom. The van der Waals surface area contributed by atoms with Gasteiger partial charge < -0.3 is 4.74 Å². The van der Waals surface area contributed by atoms with Crippen LogP contribution in [0.2, 0.25) is 0 Å². The molecule has 0 bridgehead atoms. The molecule has 6 heavy (non-hydrogen) atoms. The Bertz CT molecular complexity index is 47.5. The summed E-state index contributed by atoms with van der Waals surface area (Å²) < 4.78 is 4.66. The van der Waals surface area contributed by atoms with Crippen molar-refractivity contribution < 1.29 is 9.84 Å². The molecule has 1 heterocycles. The van der Waals surface area contributed by atoms with Gasteiger partial charge in [0, 0.05) is 0 Å². The predicted molar refractivity (Wildman–Crippen MR) is 19.9 cm³/mol. The van der Waals surface area contributed by atoms with Crippen molar-refractivity contribution in [1.29, 1.82) is 0 Å². The summed E-state index contributed by atoms with van der Waals surface area (Å²) in [6, 6.07) is 0. The van der Waals surface area contributed by atoms with Crippen LogP contribution in [0.5, 0.6) is 0 Å². The van der Waals surface area contributed by atoms with E-state index in [9.17, 15) is 5.11 Å². The predicted octanol–water partition coefficient (Wildman–Crippen LogP) is 0.204. The van der Waals surface area contributed by atoms with Crippen molar-refractivity contribution in [1.82, 2.24) is 0 Å². The first-order valence-corrected chi connectivity index (χ1v) is 2.08. The lowest BCUT2D eigenvalue weighted by Gasteiger charge is -1.86. The molecule has 1 rings (SSSR count). The van der Waals surface area contributed by atoms with E-state index in [0.717, 1.165) is 0 Å². The van der Waals surface area contributed by atoms with E-state index in [4.69, 9.17) is 0 Å². The highest BCUT2D eigenvalue weighted by Crippen LogP contribution is 2.12. The Morgan fingerprint density at radius 1 is 2.00 bits per heavy atom. The van der Waals surface area contributed by atoms with Crippen LogP contribution in [0.3, 0.4) is 0 Å². The third-order valence-corrected chi connectivity index (χ3v) is 0.883. The van der Waals surface area contributed by atoms with E-state index in [0.29, 0.717) is 6.61 Å². The van der Waals surface area contributed by atoms with Gasteiger partial charge in [-0.05, 0) is 6.92 Å². The molecule has 1 radical (unpaired) electrons. The van der Waals surface area contributed by atoms with Gasteiger partial charge >= 0.3 is 0 Å². The van der Waals surface area contributed by atoms with E-state index in [1.54, 1.807) is 6.92 Å². The first-order valence-electron chi connectivity index (χ1n) is 2.08. The second-order valence-electron chi connectivity index (χ2n) is 1.58. The average molecular weight is 87.1 g/mol. The third kappa shape index (κ3) is 0.698. The fourth-order valence-electron chi connectivity index (χ4n) is 0.327. The van der Waals surface area contributed by atoms with Crippen molar-refractivity contribution in [3.63, 3.8) is 0 Å². The van der Waals surface area contributed by atoms with Crippen molar-refractivity contribution in [2.75, 3.05) is 6.61 Å². The van der Waals surface area contributed by atoms with Crippen molar-refractivity contribution in [3.05, 3.63) is 0 Å². The Balaban J connectivity index is 2.13. The largest absolute Gasteiger partial charge is 0.370 e. The fraction of sp³-hybridized carbons (Fsp3) is 1.00. The van der Waals surface area contributed by atoms with Gasteiger partial charge in [-0.3, -0.25) is 0 Å². The Labute approximate surface area is 36.7 Å². The maximum atomic E-state index is 10.2. The highest BCUT2D eigenvalue weighted by molar-refractivity contribution is 4.73. The standard InChI is InChI=1S/C4H7O2/c1-3(5)4-2-6-4/h3-4H,2H2,1H3. The molecular weight excluding hydrogens is 80.0 g/mol. The molecule has 0 N–H and O–H groups in total. The highest BCUT2D eigenvalue weighted by atomic mass is 16.6. The summed E-state index contributed by atoms with van der Waals surface area (Å²) in [5.74, 6) is 0. The Kier molecular flexibility index (Phi) is 0.821. The fourth-order valence-corrected chi connectivity index (χ4v) is 0.327. The van der Waals surface area contributed by atoms with Gasteiger partial charge in [-0.1, -0.05) is 0 Å². The smallest absolute Gasteiger partial charge is 0.118 e. The third-order valence-electron chi connectivity index (χ3n) is 0.883. The van der Waals surface area contributed by atoms with Gasteiger partial charge in [-0.25, -0.2) is 5.11 Å². The second kappa shape index (κ2) is 1.21. The molecule has 1 fully saturated rings. The first kappa shape index (κ1) is 4.09. The van der Waals surface area contributed by atoms with Crippen molar-refractivity contribution in [3.8, 4) is 0 Å². The maximum absolute atomic E-state index is 10.2. The van der Waals surface area contributed by atoms with Gasteiger partial charge in [0.25, 0.3) is 0 Å². The number of hydrogen-bond acceptors (Lipinski definition) is 1. The van der Waals surface area contributed by atoms with E-state index in [1.165, 1.54) is 0 Å². The maximum Gasteiger partial charge on any atom is 0.118 e. The number of rotatable bonds is 1. The first-order chi connectivity index (χ1) is 2.80. The molecule has 0 spiro atoms. The van der Waals surface area contributed by atoms with Crippen LogP contribution in [0.25, 0.3) is 0 Å². The van der Waals surface area contributed by atoms with Crippen LogP contribution < -0.4 is 0 Å². The summed E-state index contributed by atoms with van der Waals surface area (Å²) in [4.78, 5) is 0. The molecule has 2 heteroatoms. The van der Waals surface area contributed by atoms with E-state index < -0.39 is 6.10 Å². The van der Waals surface area contributed by atoms with E-state index in [1.807, 2.05) is 0 Å². The van der Waals surface area contributed by atoms with Crippen LogP contribution in [0.15, 0.2) is 0 Å². The van der Waals surface area contributed by atoms with Gasteiger partial charge in [0.15, 0.2) is 0 Å². The lowest BCUT2D eigenvalue weighted by molar-refractivity contribution is 0.0774. The lowest BCUT2D eigenvalue weighted by atomic mass is 10.3. The topological polar surface area (TPSA) is 32.4 Å². The zero-order valence-corrected chi connectivity index (χ0v) is 3.68. The molecule has 0 aromatic carbocycles. The SMILES string of the molecule is CC([O])C1CO1. The highest BCUT2D eigenvalue weighted by Gasteiger charge is 2.28. The van der Waals surface area contributed by atoms with Crippen LogP contribution in [0.4, 0.5) is 0 Å². The van der Waals surface area contributed by atoms with Gasteiger partial charge in [-0.2, -0.15) is 0 Å². The molecule has 0 aromatic rings. The average Bonchev–Trinajstić information content (AvgIpc) is 2.06. The molecule has 2 unspecified atom stereocenters. The zero-order chi connectivity index (χ0) is 4.57. The summed E-state index contributed by atoms with van der Waals surface area (Å²) in [6.07, 6.45) is -0.463. The van der Waals surface area contributed by atoms with E-state index >= 15 is 0 Å². The quantitative estimate of drug-likeness (QED) is 0.420. The summed E-state index contributed by atoms with van der Waals surface area (Å²) in [6.45, 7) is 2.31. The number of hydrogen-bond donors (Lipinski definition) is 0. The van der Waals surface area contributed by atoms with Gasteiger partial charge in [-0.15, -0.1) is 0 Å². The lowest BCUT2D eigenvalue weighted by Crippen LogP contribution is -2.05. The molecule has 0 aliphatic carbocycles. The van der Waals surface area contributed by atoms with Crippen molar-refractivity contribution >= 4 is 0 Å². The molecule has 1 saturated heterocycles. The summed E-state index contributed by atoms with van der Waals surface area (Å²) >= 11 is 0. The van der Waals surface area contributed by atoms with Crippen molar-refractivity contribution in [2.45, 2.75) is 19.1 Å². The molecule has 35 valence electrons. The van der Waals surface area contributed by atoms with E-state index in [-0.39, 0.29) is 6.10 Å². The minimum atomic E-state index is -0.509. The molecule has 0 aromatic heterocycles. The molecule has 2 atom stereocenters. The second-order valence-corrected chi connectivity index (χ2v) is 1.58. The minimum absolute atomic E-state index is 0.0463. The van der Waals surface area contributed by atoms with Crippen LogP contribution in [-0.2, 0) is 9.84 Å². The van der Waals surface area contributed by atoms with Gasteiger partial charge in [0.1, 0.15) is 12.2 Å². The summed E-state index contributed by atoms with van der Waals surface area (Å²) in [5.41, 5.74) is 0. The molecule has 1 aliphatic heterocycles. The molecule has 1 aliphatic rings. The Morgan fingerprint density at radius 2 is 2.50 bits per heavy atom. The van der Waals surface area contributed by atoms with Crippen LogP contribution in [0.1, 0.15) is 6.92 Å². The zero-order valence-electron chi connectivity index (χ0n) is 3.68. The summed E-state index contributed by atoms with van der Waals surface area (Å²) in [7, 11) is 0. The van der Waals surface area contributed by atoms with Gasteiger partial charge in [0.2, 0.25) is 0 Å². The monoisotopic (exact) mass is 87.0 g/mol. The van der Waals surface area contributed by atoms with Gasteiger partial charge in [0.05, 0.1) is 6.61 Å². The molecule has 2 nitrogen and oxygen atoms in total. The minimum Gasteiger partial charge on any atom is -0.370 e. The molecule has 0 saturated carbocycles. The summed E-state index contributed by atoms with van der Waals surface area (Å²) in [5, 5.41) is 10.2. The molecular formula is C4H7O2. The number of ether oxygens (including phenoxy) is 1. The van der Waals surface area contributed by atoms with Crippen LogP contribution in [0, 0.1) is 0 Å². The number of epoxide rings is 1.